The number of nitrogens with one attached hydrogen (secondary N) is 1. The second-order valence-electron chi connectivity index (χ2n) is 10.8. The predicted molar refractivity (Wildman–Crippen MR) is 133 cm³/mol. The number of carbonyl (C=O) groups excluding carboxylic acids is 3. The fraction of sp³-hybridized carbons (Fsp3) is 0.640. The summed E-state index contributed by atoms with van der Waals surface area (Å²) in [4.78, 5) is 41.4. The minimum atomic E-state index is -2.80. The van der Waals surface area contributed by atoms with E-state index in [1.165, 1.54) is 0 Å². The SMILES string of the molecule is C[C@H]1CN(C(=O)[C@@H](NC(=O)c2ccc(N3CCCS3(O)O)cc2)C2(C)CCCC2)[C@@H]2C(=O)CO[C@@H]21. The molecule has 1 aromatic carbocycles. The molecule has 0 radical (unpaired) electrons. The van der Waals surface area contributed by atoms with Gasteiger partial charge in [0.1, 0.15) is 18.7 Å². The Morgan fingerprint density at radius 2 is 1.86 bits per heavy atom. The zero-order valence-electron chi connectivity index (χ0n) is 20.3. The Morgan fingerprint density at radius 3 is 2.49 bits per heavy atom. The van der Waals surface area contributed by atoms with E-state index in [1.807, 2.05) is 13.8 Å². The van der Waals surface area contributed by atoms with Gasteiger partial charge in [0.25, 0.3) is 5.91 Å². The molecule has 192 valence electrons. The van der Waals surface area contributed by atoms with Crippen molar-refractivity contribution in [2.45, 2.75) is 64.1 Å². The van der Waals surface area contributed by atoms with Crippen LogP contribution in [0.15, 0.2) is 24.3 Å². The van der Waals surface area contributed by atoms with Gasteiger partial charge in [-0.2, -0.15) is 0 Å². The fourth-order valence-corrected chi connectivity index (χ4v) is 7.86. The van der Waals surface area contributed by atoms with Crippen LogP contribution < -0.4 is 9.62 Å². The standard InChI is InChI=1S/C25H35N3O6S/c1-16-14-27(20-19(29)15-34-21(16)20)24(31)22(25(2)10-3-4-11-25)26-23(30)17-6-8-18(9-7-17)28-12-5-13-35(28,32)33/h6-9,16,20-22,32-33H,3-5,10-15H2,1-2H3,(H,26,30)/t16-,20+,21+,22+/m0/s1. The van der Waals surface area contributed by atoms with Crippen molar-refractivity contribution < 1.29 is 28.2 Å². The molecule has 0 aromatic heterocycles. The van der Waals surface area contributed by atoms with Crippen LogP contribution in [0.1, 0.15) is 56.3 Å². The maximum atomic E-state index is 13.9. The van der Waals surface area contributed by atoms with E-state index in [9.17, 15) is 23.5 Å². The van der Waals surface area contributed by atoms with Crippen molar-refractivity contribution in [1.29, 1.82) is 0 Å². The topological polar surface area (TPSA) is 119 Å². The Balaban J connectivity index is 1.36. The van der Waals surface area contributed by atoms with Gasteiger partial charge in [-0.05, 0) is 48.9 Å². The van der Waals surface area contributed by atoms with Gasteiger partial charge in [0, 0.05) is 24.6 Å². The molecule has 3 N–H and O–H groups in total. The number of ketones is 1. The molecular formula is C25H35N3O6S. The van der Waals surface area contributed by atoms with Crippen LogP contribution in [0.2, 0.25) is 0 Å². The Morgan fingerprint density at radius 1 is 1.17 bits per heavy atom. The molecule has 3 heterocycles. The number of rotatable bonds is 5. The Labute approximate surface area is 207 Å². The van der Waals surface area contributed by atoms with Crippen LogP contribution >= 0.6 is 10.8 Å². The van der Waals surface area contributed by atoms with Crippen molar-refractivity contribution in [1.82, 2.24) is 10.2 Å². The summed E-state index contributed by atoms with van der Waals surface area (Å²) >= 11 is 0. The van der Waals surface area contributed by atoms with Crippen LogP contribution in [0.25, 0.3) is 0 Å². The Kier molecular flexibility index (Phi) is 6.36. The van der Waals surface area contributed by atoms with Crippen molar-refractivity contribution >= 4 is 34.1 Å². The first-order chi connectivity index (χ1) is 16.6. The van der Waals surface area contributed by atoms with E-state index in [1.54, 1.807) is 33.5 Å². The second-order valence-corrected chi connectivity index (χ2v) is 12.9. The van der Waals surface area contributed by atoms with E-state index in [2.05, 4.69) is 5.32 Å². The van der Waals surface area contributed by atoms with Gasteiger partial charge >= 0.3 is 0 Å². The molecule has 9 nitrogen and oxygen atoms in total. The van der Waals surface area contributed by atoms with Gasteiger partial charge in [-0.3, -0.25) is 27.8 Å². The van der Waals surface area contributed by atoms with E-state index < -0.39 is 22.9 Å². The van der Waals surface area contributed by atoms with Crippen molar-refractivity contribution in [3.63, 3.8) is 0 Å². The average Bonchev–Trinajstić information content (AvgIpc) is 3.59. The summed E-state index contributed by atoms with van der Waals surface area (Å²) in [5, 5.41) is 3.02. The zero-order valence-corrected chi connectivity index (χ0v) is 21.1. The number of amides is 2. The summed E-state index contributed by atoms with van der Waals surface area (Å²) in [7, 11) is -2.80. The number of Topliss-reactive ketones (excluding diaryl/α,β-unsaturated/α-hetero) is 1. The molecule has 10 heteroatoms. The van der Waals surface area contributed by atoms with E-state index >= 15 is 0 Å². The van der Waals surface area contributed by atoms with E-state index in [0.29, 0.717) is 36.5 Å². The molecule has 1 aromatic rings. The van der Waals surface area contributed by atoms with Crippen molar-refractivity contribution in [2.24, 2.45) is 11.3 Å². The monoisotopic (exact) mass is 505 g/mol. The summed E-state index contributed by atoms with van der Waals surface area (Å²) in [6, 6.07) is 5.43. The minimum Gasteiger partial charge on any atom is -0.367 e. The molecule has 4 atom stereocenters. The minimum absolute atomic E-state index is 0.0335. The van der Waals surface area contributed by atoms with Crippen molar-refractivity contribution in [3.8, 4) is 0 Å². The number of nitrogens with zero attached hydrogens (tertiary/aromatic N) is 2. The van der Waals surface area contributed by atoms with Gasteiger partial charge in [-0.1, -0.05) is 26.7 Å². The Hall–Kier alpha value is -2.14. The number of ether oxygens (including phenoxy) is 1. The molecule has 1 aliphatic carbocycles. The lowest BCUT2D eigenvalue weighted by Crippen LogP contribution is -2.57. The number of benzene rings is 1. The normalized spacial score (nSPS) is 30.9. The van der Waals surface area contributed by atoms with Gasteiger partial charge in [0.15, 0.2) is 5.78 Å². The lowest BCUT2D eigenvalue weighted by Gasteiger charge is -2.38. The molecule has 0 bridgehead atoms. The molecule has 35 heavy (non-hydrogen) atoms. The maximum absolute atomic E-state index is 13.9. The number of anilines is 1. The third kappa shape index (κ3) is 4.34. The molecule has 2 amide bonds. The molecule has 0 unspecified atom stereocenters. The maximum Gasteiger partial charge on any atom is 0.251 e. The number of hydrogen-bond donors (Lipinski definition) is 3. The molecular weight excluding hydrogens is 470 g/mol. The first kappa shape index (κ1) is 24.5. The largest absolute Gasteiger partial charge is 0.367 e. The number of likely N-dealkylation sites (tertiary alicyclic amines) is 1. The lowest BCUT2D eigenvalue weighted by atomic mass is 9.79. The predicted octanol–water partition coefficient (Wildman–Crippen LogP) is 3.06. The van der Waals surface area contributed by atoms with E-state index in [-0.39, 0.29) is 41.6 Å². The van der Waals surface area contributed by atoms with Gasteiger partial charge in [-0.25, -0.2) is 0 Å². The third-order valence-electron chi connectivity index (χ3n) is 8.24. The molecule has 3 saturated heterocycles. The molecule has 0 spiro atoms. The molecule has 1 saturated carbocycles. The first-order valence-electron chi connectivity index (χ1n) is 12.5. The van der Waals surface area contributed by atoms with E-state index in [4.69, 9.17) is 4.74 Å². The van der Waals surface area contributed by atoms with Crippen LogP contribution in [-0.4, -0.2) is 75.2 Å². The second kappa shape index (κ2) is 9.06. The highest BCUT2D eigenvalue weighted by atomic mass is 32.3. The third-order valence-corrected chi connectivity index (χ3v) is 10.2. The quantitative estimate of drug-likeness (QED) is 0.563. The van der Waals surface area contributed by atoms with Crippen LogP contribution in [0.4, 0.5) is 5.69 Å². The van der Waals surface area contributed by atoms with Crippen LogP contribution in [-0.2, 0) is 14.3 Å². The summed E-state index contributed by atoms with van der Waals surface area (Å²) in [5.41, 5.74) is 0.672. The van der Waals surface area contributed by atoms with E-state index in [0.717, 1.165) is 25.7 Å². The molecule has 4 aliphatic rings. The molecule has 4 fully saturated rings. The summed E-state index contributed by atoms with van der Waals surface area (Å²) < 4.78 is 27.7. The van der Waals surface area contributed by atoms with Crippen molar-refractivity contribution in [3.05, 3.63) is 29.8 Å². The highest BCUT2D eigenvalue weighted by Gasteiger charge is 2.54. The highest BCUT2D eigenvalue weighted by molar-refractivity contribution is 8.25. The van der Waals surface area contributed by atoms with Crippen molar-refractivity contribution in [2.75, 3.05) is 29.8 Å². The number of carbonyl (C=O) groups is 3. The lowest BCUT2D eigenvalue weighted by molar-refractivity contribution is -0.140. The summed E-state index contributed by atoms with van der Waals surface area (Å²) in [6.07, 6.45) is 4.09. The van der Waals surface area contributed by atoms with Crippen LogP contribution in [0, 0.1) is 11.3 Å². The number of fused-ring (bicyclic) bond motifs is 1. The summed E-state index contributed by atoms with van der Waals surface area (Å²) in [6.45, 7) is 5.08. The van der Waals surface area contributed by atoms with Gasteiger partial charge in [0.05, 0.1) is 17.5 Å². The average molecular weight is 506 g/mol. The highest BCUT2D eigenvalue weighted by Crippen LogP contribution is 2.51. The molecule has 3 aliphatic heterocycles. The van der Waals surface area contributed by atoms with Gasteiger partial charge in [0.2, 0.25) is 5.91 Å². The zero-order chi connectivity index (χ0) is 25.0. The number of hydrogen-bond acceptors (Lipinski definition) is 7. The molecule has 5 rings (SSSR count). The van der Waals surface area contributed by atoms with Gasteiger partial charge < -0.3 is 15.0 Å². The van der Waals surface area contributed by atoms with Crippen LogP contribution in [0.3, 0.4) is 0 Å². The summed E-state index contributed by atoms with van der Waals surface area (Å²) in [5.74, 6) is -0.217. The van der Waals surface area contributed by atoms with Crippen LogP contribution in [0.5, 0.6) is 0 Å². The van der Waals surface area contributed by atoms with Gasteiger partial charge in [-0.15, -0.1) is 10.8 Å². The first-order valence-corrected chi connectivity index (χ1v) is 14.2. The smallest absolute Gasteiger partial charge is 0.251 e. The Bertz CT molecular complexity index is 1010. The fourth-order valence-electron chi connectivity index (χ4n) is 6.24.